The molecule has 0 atom stereocenters. The standard InChI is InChI=1S/C22H17N/c23-20-12-13-21(17-7-2-1-3-8-17)22(15-20)19-11-10-16-6-4-5-9-18(16)14-19/h1-15H,23H2. The molecule has 0 aliphatic carbocycles. The molecule has 1 nitrogen and oxygen atoms in total. The largest absolute Gasteiger partial charge is 0.399 e. The molecule has 0 radical (unpaired) electrons. The van der Waals surface area contributed by atoms with Crippen LogP contribution in [0.15, 0.2) is 91.0 Å². The average molecular weight is 295 g/mol. The van der Waals surface area contributed by atoms with E-state index in [1.165, 1.54) is 33.0 Å². The summed E-state index contributed by atoms with van der Waals surface area (Å²) >= 11 is 0. The number of fused-ring (bicyclic) bond motifs is 1. The maximum atomic E-state index is 6.06. The van der Waals surface area contributed by atoms with Crippen LogP contribution in [-0.2, 0) is 0 Å². The topological polar surface area (TPSA) is 26.0 Å². The van der Waals surface area contributed by atoms with Crippen LogP contribution in [0, 0.1) is 0 Å². The number of anilines is 1. The zero-order valence-electron chi connectivity index (χ0n) is 12.7. The number of hydrogen-bond donors (Lipinski definition) is 1. The Kier molecular flexibility index (Phi) is 3.32. The minimum atomic E-state index is 0.785. The van der Waals surface area contributed by atoms with Gasteiger partial charge in [-0.2, -0.15) is 0 Å². The van der Waals surface area contributed by atoms with Gasteiger partial charge in [-0.3, -0.25) is 0 Å². The fourth-order valence-corrected chi connectivity index (χ4v) is 3.03. The molecule has 0 saturated heterocycles. The lowest BCUT2D eigenvalue weighted by atomic mass is 9.93. The van der Waals surface area contributed by atoms with Crippen molar-refractivity contribution in [3.8, 4) is 22.3 Å². The second kappa shape index (κ2) is 5.62. The van der Waals surface area contributed by atoms with E-state index in [-0.39, 0.29) is 0 Å². The number of nitrogens with two attached hydrogens (primary N) is 1. The molecule has 0 unspecified atom stereocenters. The summed E-state index contributed by atoms with van der Waals surface area (Å²) in [5.74, 6) is 0. The Hall–Kier alpha value is -3.06. The van der Waals surface area contributed by atoms with Gasteiger partial charge in [0.05, 0.1) is 0 Å². The number of rotatable bonds is 2. The Labute approximate surface area is 136 Å². The molecule has 0 spiro atoms. The van der Waals surface area contributed by atoms with E-state index < -0.39 is 0 Å². The monoisotopic (exact) mass is 295 g/mol. The third-order valence-electron chi connectivity index (χ3n) is 4.19. The Morgan fingerprint density at radius 2 is 1.22 bits per heavy atom. The van der Waals surface area contributed by atoms with Gasteiger partial charge in [0.2, 0.25) is 0 Å². The van der Waals surface area contributed by atoms with Crippen molar-refractivity contribution >= 4 is 16.5 Å². The summed E-state index contributed by atoms with van der Waals surface area (Å²) in [4.78, 5) is 0. The SMILES string of the molecule is Nc1ccc(-c2ccccc2)c(-c2ccc3ccccc3c2)c1. The van der Waals surface area contributed by atoms with Crippen molar-refractivity contribution in [1.29, 1.82) is 0 Å². The fourth-order valence-electron chi connectivity index (χ4n) is 3.03. The molecule has 4 aromatic carbocycles. The van der Waals surface area contributed by atoms with Crippen LogP contribution in [-0.4, -0.2) is 0 Å². The van der Waals surface area contributed by atoms with Crippen LogP contribution in [0.2, 0.25) is 0 Å². The lowest BCUT2D eigenvalue weighted by Gasteiger charge is -2.12. The van der Waals surface area contributed by atoms with Crippen LogP contribution in [0.4, 0.5) is 5.69 Å². The van der Waals surface area contributed by atoms with E-state index in [2.05, 4.69) is 78.9 Å². The van der Waals surface area contributed by atoms with E-state index in [0.717, 1.165) is 5.69 Å². The molecule has 23 heavy (non-hydrogen) atoms. The zero-order chi connectivity index (χ0) is 15.6. The highest BCUT2D eigenvalue weighted by atomic mass is 14.5. The summed E-state index contributed by atoms with van der Waals surface area (Å²) in [6.45, 7) is 0. The first-order chi connectivity index (χ1) is 11.3. The van der Waals surface area contributed by atoms with Gasteiger partial charge in [-0.25, -0.2) is 0 Å². The smallest absolute Gasteiger partial charge is 0.0320 e. The summed E-state index contributed by atoms with van der Waals surface area (Å²) in [6.07, 6.45) is 0. The second-order valence-electron chi connectivity index (χ2n) is 5.73. The van der Waals surface area contributed by atoms with Crippen molar-refractivity contribution in [2.24, 2.45) is 0 Å². The van der Waals surface area contributed by atoms with E-state index in [4.69, 9.17) is 5.73 Å². The molecule has 0 fully saturated rings. The summed E-state index contributed by atoms with van der Waals surface area (Å²) in [6, 6.07) is 31.6. The zero-order valence-corrected chi connectivity index (χ0v) is 12.7. The number of benzene rings is 4. The predicted molar refractivity (Wildman–Crippen MR) is 99.2 cm³/mol. The highest BCUT2D eigenvalue weighted by Crippen LogP contribution is 2.35. The highest BCUT2D eigenvalue weighted by molar-refractivity contribution is 5.92. The van der Waals surface area contributed by atoms with Gasteiger partial charge in [0.1, 0.15) is 0 Å². The molecule has 0 bridgehead atoms. The number of hydrogen-bond acceptors (Lipinski definition) is 1. The van der Waals surface area contributed by atoms with Crippen LogP contribution < -0.4 is 5.73 Å². The first kappa shape index (κ1) is 13.6. The van der Waals surface area contributed by atoms with E-state index >= 15 is 0 Å². The van der Waals surface area contributed by atoms with E-state index in [1.807, 2.05) is 12.1 Å². The van der Waals surface area contributed by atoms with Gasteiger partial charge in [0.25, 0.3) is 0 Å². The first-order valence-corrected chi connectivity index (χ1v) is 7.75. The minimum absolute atomic E-state index is 0.785. The summed E-state index contributed by atoms with van der Waals surface area (Å²) < 4.78 is 0. The minimum Gasteiger partial charge on any atom is -0.399 e. The van der Waals surface area contributed by atoms with Crippen molar-refractivity contribution in [3.63, 3.8) is 0 Å². The van der Waals surface area contributed by atoms with Crippen molar-refractivity contribution in [2.45, 2.75) is 0 Å². The van der Waals surface area contributed by atoms with Crippen LogP contribution in [0.1, 0.15) is 0 Å². The van der Waals surface area contributed by atoms with Gasteiger partial charge < -0.3 is 5.73 Å². The van der Waals surface area contributed by atoms with E-state index in [1.54, 1.807) is 0 Å². The quantitative estimate of drug-likeness (QED) is 0.468. The van der Waals surface area contributed by atoms with Gasteiger partial charge in [0, 0.05) is 5.69 Å². The molecular formula is C22H17N. The van der Waals surface area contributed by atoms with Crippen molar-refractivity contribution < 1.29 is 0 Å². The first-order valence-electron chi connectivity index (χ1n) is 7.75. The lowest BCUT2D eigenvalue weighted by molar-refractivity contribution is 1.59. The van der Waals surface area contributed by atoms with E-state index in [9.17, 15) is 0 Å². The van der Waals surface area contributed by atoms with Gasteiger partial charge >= 0.3 is 0 Å². The maximum Gasteiger partial charge on any atom is 0.0320 e. The average Bonchev–Trinajstić information content (AvgIpc) is 2.62. The Balaban J connectivity index is 1.94. The van der Waals surface area contributed by atoms with Crippen LogP contribution in [0.25, 0.3) is 33.0 Å². The van der Waals surface area contributed by atoms with Crippen LogP contribution in [0.3, 0.4) is 0 Å². The molecule has 0 heterocycles. The third kappa shape index (κ3) is 2.58. The molecule has 1 heteroatoms. The Morgan fingerprint density at radius 1 is 0.478 bits per heavy atom. The predicted octanol–water partition coefficient (Wildman–Crippen LogP) is 5.76. The van der Waals surface area contributed by atoms with Gasteiger partial charge in [-0.05, 0) is 51.2 Å². The summed E-state index contributed by atoms with van der Waals surface area (Å²) in [5, 5.41) is 2.49. The second-order valence-corrected chi connectivity index (χ2v) is 5.73. The number of nitrogen functional groups attached to an aromatic ring is 1. The van der Waals surface area contributed by atoms with Crippen molar-refractivity contribution in [1.82, 2.24) is 0 Å². The molecular weight excluding hydrogens is 278 g/mol. The third-order valence-corrected chi connectivity index (χ3v) is 4.19. The molecule has 0 aromatic heterocycles. The van der Waals surface area contributed by atoms with Crippen molar-refractivity contribution in [3.05, 3.63) is 91.0 Å². The molecule has 110 valence electrons. The molecule has 4 aromatic rings. The normalized spacial score (nSPS) is 10.8. The molecule has 0 amide bonds. The summed E-state index contributed by atoms with van der Waals surface area (Å²) in [5.41, 5.74) is 11.6. The van der Waals surface area contributed by atoms with Gasteiger partial charge in [-0.1, -0.05) is 72.8 Å². The molecule has 2 N–H and O–H groups in total. The van der Waals surface area contributed by atoms with Gasteiger partial charge in [0.15, 0.2) is 0 Å². The fraction of sp³-hybridized carbons (Fsp3) is 0. The van der Waals surface area contributed by atoms with Crippen molar-refractivity contribution in [2.75, 3.05) is 5.73 Å². The highest BCUT2D eigenvalue weighted by Gasteiger charge is 2.08. The lowest BCUT2D eigenvalue weighted by Crippen LogP contribution is -1.90. The molecule has 0 aliphatic rings. The van der Waals surface area contributed by atoms with Crippen LogP contribution >= 0.6 is 0 Å². The van der Waals surface area contributed by atoms with E-state index in [0.29, 0.717) is 0 Å². The molecule has 4 rings (SSSR count). The maximum absolute atomic E-state index is 6.06. The van der Waals surface area contributed by atoms with Gasteiger partial charge in [-0.15, -0.1) is 0 Å². The summed E-state index contributed by atoms with van der Waals surface area (Å²) in [7, 11) is 0. The Morgan fingerprint density at radius 3 is 2.04 bits per heavy atom. The van der Waals surface area contributed by atoms with Crippen LogP contribution in [0.5, 0.6) is 0 Å². The molecule has 0 aliphatic heterocycles. The molecule has 0 saturated carbocycles. The Bertz CT molecular complexity index is 971.